The highest BCUT2D eigenvalue weighted by molar-refractivity contribution is 7.92. The lowest BCUT2D eigenvalue weighted by atomic mass is 10.1. The monoisotopic (exact) mass is 413 g/mol. The van der Waals surface area contributed by atoms with Gasteiger partial charge in [-0.15, -0.1) is 0 Å². The zero-order chi connectivity index (χ0) is 20.4. The fraction of sp³-hybridized carbons (Fsp3) is 0.0769. The fourth-order valence-electron chi connectivity index (χ4n) is 2.05. The summed E-state index contributed by atoms with van der Waals surface area (Å²) in [7, 11) is -9.08. The summed E-state index contributed by atoms with van der Waals surface area (Å²) in [5.41, 5.74) is 7.66. The van der Waals surface area contributed by atoms with Crippen LogP contribution in [0.2, 0.25) is 0 Å². The van der Waals surface area contributed by atoms with Crippen molar-refractivity contribution >= 4 is 37.2 Å². The maximum Gasteiger partial charge on any atom is 0.294 e. The largest absolute Gasteiger partial charge is 0.294 e. The van der Waals surface area contributed by atoms with Crippen LogP contribution in [0, 0.1) is 17.0 Å². The molecule has 0 aliphatic carbocycles. The quantitative estimate of drug-likeness (QED) is 0.181. The number of sulfonamides is 1. The van der Waals surface area contributed by atoms with Crippen LogP contribution in [0.4, 0.5) is 17.1 Å². The first-order valence-electron chi connectivity index (χ1n) is 6.90. The molecule has 0 bridgehead atoms. The van der Waals surface area contributed by atoms with E-state index in [9.17, 15) is 31.5 Å². The number of nitrogens with one attached hydrogen (secondary N) is 1. The van der Waals surface area contributed by atoms with E-state index in [0.29, 0.717) is 0 Å². The highest BCUT2D eigenvalue weighted by Gasteiger charge is 2.21. The molecule has 0 amide bonds. The lowest BCUT2D eigenvalue weighted by Gasteiger charge is -2.13. The van der Waals surface area contributed by atoms with E-state index in [0.717, 1.165) is 30.3 Å². The Balaban J connectivity index is 2.61. The minimum Gasteiger partial charge on any atom is -0.282 e. The van der Waals surface area contributed by atoms with Crippen molar-refractivity contribution in [3.63, 3.8) is 0 Å². The summed E-state index contributed by atoms with van der Waals surface area (Å²) in [6.07, 6.45) is 0. The molecule has 0 saturated carbocycles. The van der Waals surface area contributed by atoms with Crippen molar-refractivity contribution in [3.8, 4) is 0 Å². The second kappa shape index (κ2) is 7.20. The number of non-ortho nitro benzene ring substituents is 1. The number of rotatable bonds is 6. The summed E-state index contributed by atoms with van der Waals surface area (Å²) in [5, 5.41) is 14.1. The van der Waals surface area contributed by atoms with Crippen LogP contribution in [0.25, 0.3) is 10.4 Å². The first-order chi connectivity index (χ1) is 12.5. The molecule has 0 radical (unpaired) electrons. The molecule has 0 unspecified atom stereocenters. The van der Waals surface area contributed by atoms with Gasteiger partial charge in [-0.3, -0.25) is 19.4 Å². The van der Waals surface area contributed by atoms with E-state index in [1.807, 2.05) is 0 Å². The Morgan fingerprint density at radius 1 is 1.19 bits per heavy atom. The van der Waals surface area contributed by atoms with Crippen molar-refractivity contribution in [1.29, 1.82) is 0 Å². The molecule has 0 saturated heterocycles. The molecule has 142 valence electrons. The Labute approximate surface area is 153 Å². The lowest BCUT2D eigenvalue weighted by molar-refractivity contribution is -0.385. The second-order valence-electron chi connectivity index (χ2n) is 5.14. The van der Waals surface area contributed by atoms with Crippen molar-refractivity contribution in [3.05, 3.63) is 62.5 Å². The predicted molar refractivity (Wildman–Crippen MR) is 93.7 cm³/mol. The number of benzene rings is 2. The highest BCUT2D eigenvalue weighted by Crippen LogP contribution is 2.32. The van der Waals surface area contributed by atoms with E-state index >= 15 is 0 Å². The van der Waals surface area contributed by atoms with Gasteiger partial charge in [-0.05, 0) is 36.2 Å². The molecule has 0 aliphatic heterocycles. The first kappa shape index (κ1) is 20.1. The molecule has 14 heteroatoms. The van der Waals surface area contributed by atoms with Crippen molar-refractivity contribution in [2.24, 2.45) is 5.11 Å². The average molecular weight is 413 g/mol. The number of hydrogen-bond acceptors (Lipinski definition) is 7. The summed E-state index contributed by atoms with van der Waals surface area (Å²) >= 11 is 0. The Bertz CT molecular complexity index is 1190. The second-order valence-corrected chi connectivity index (χ2v) is 8.24. The topological polar surface area (TPSA) is 192 Å². The Morgan fingerprint density at radius 2 is 1.85 bits per heavy atom. The van der Waals surface area contributed by atoms with Crippen LogP contribution in [0.1, 0.15) is 5.56 Å². The molecule has 0 aromatic heterocycles. The van der Waals surface area contributed by atoms with Gasteiger partial charge in [-0.1, -0.05) is 11.2 Å². The Hall–Kier alpha value is -3.19. The van der Waals surface area contributed by atoms with Gasteiger partial charge in [0.2, 0.25) is 0 Å². The summed E-state index contributed by atoms with van der Waals surface area (Å²) in [6.45, 7) is 1.35. The molecular weight excluding hydrogens is 402 g/mol. The van der Waals surface area contributed by atoms with Crippen LogP contribution < -0.4 is 4.72 Å². The molecule has 27 heavy (non-hydrogen) atoms. The van der Waals surface area contributed by atoms with E-state index in [2.05, 4.69) is 14.7 Å². The maximum atomic E-state index is 12.5. The molecule has 12 nitrogen and oxygen atoms in total. The van der Waals surface area contributed by atoms with Crippen molar-refractivity contribution in [2.75, 3.05) is 4.72 Å². The SMILES string of the molecule is Cc1c(N=[N+]=[N-])cc(S(=O)(=O)O)cc1NS(=O)(=O)c1cccc([N+](=O)[O-])c1. The standard InChI is InChI=1S/C13H11N5O7S2/c1-8-12(15-17-14)6-11(27(23,24)25)7-13(8)16-26(21,22)10-4-2-3-9(5-10)18(19)20/h2-7,16H,1H3,(H,23,24,25). The van der Waals surface area contributed by atoms with E-state index in [4.69, 9.17) is 5.53 Å². The van der Waals surface area contributed by atoms with Crippen molar-refractivity contribution < 1.29 is 26.3 Å². The van der Waals surface area contributed by atoms with Gasteiger partial charge in [-0.2, -0.15) is 8.42 Å². The molecule has 2 N–H and O–H groups in total. The lowest BCUT2D eigenvalue weighted by Crippen LogP contribution is -2.14. The van der Waals surface area contributed by atoms with Crippen molar-refractivity contribution in [1.82, 2.24) is 0 Å². The zero-order valence-electron chi connectivity index (χ0n) is 13.5. The first-order valence-corrected chi connectivity index (χ1v) is 9.82. The third kappa shape index (κ3) is 4.51. The molecule has 2 rings (SSSR count). The molecule has 0 atom stereocenters. The zero-order valence-corrected chi connectivity index (χ0v) is 15.1. The number of azide groups is 1. The third-order valence-corrected chi connectivity index (χ3v) is 5.58. The van der Waals surface area contributed by atoms with Gasteiger partial charge < -0.3 is 0 Å². The minimum absolute atomic E-state index is 0.0780. The van der Waals surface area contributed by atoms with Gasteiger partial charge in [0, 0.05) is 22.7 Å². The van der Waals surface area contributed by atoms with Crippen LogP contribution in [-0.4, -0.2) is 26.3 Å². The van der Waals surface area contributed by atoms with E-state index in [-0.39, 0.29) is 16.9 Å². The van der Waals surface area contributed by atoms with Crippen molar-refractivity contribution in [2.45, 2.75) is 16.7 Å². The highest BCUT2D eigenvalue weighted by atomic mass is 32.2. The van der Waals surface area contributed by atoms with Gasteiger partial charge in [0.15, 0.2) is 0 Å². The van der Waals surface area contributed by atoms with Gasteiger partial charge >= 0.3 is 0 Å². The summed E-state index contributed by atoms with van der Waals surface area (Å²) in [6, 6.07) is 5.89. The van der Waals surface area contributed by atoms with E-state index < -0.39 is 40.5 Å². The molecule has 2 aromatic rings. The molecular formula is C13H11N5O7S2. The van der Waals surface area contributed by atoms with Crippen LogP contribution in [0.15, 0.2) is 51.3 Å². The maximum absolute atomic E-state index is 12.5. The average Bonchev–Trinajstić information content (AvgIpc) is 2.57. The van der Waals surface area contributed by atoms with Gasteiger partial charge in [0.25, 0.3) is 25.8 Å². The third-order valence-electron chi connectivity index (χ3n) is 3.39. The smallest absolute Gasteiger partial charge is 0.282 e. The van der Waals surface area contributed by atoms with E-state index in [1.54, 1.807) is 0 Å². The molecule has 2 aromatic carbocycles. The van der Waals surface area contributed by atoms with Crippen LogP contribution in [-0.2, 0) is 20.1 Å². The molecule has 0 fully saturated rings. The minimum atomic E-state index is -4.73. The van der Waals surface area contributed by atoms with Crippen LogP contribution in [0.5, 0.6) is 0 Å². The number of hydrogen-bond donors (Lipinski definition) is 2. The normalized spacial score (nSPS) is 11.5. The number of nitrogens with zero attached hydrogens (tertiary/aromatic N) is 4. The van der Waals surface area contributed by atoms with Gasteiger partial charge in [-0.25, -0.2) is 8.42 Å². The number of nitro benzene ring substituents is 1. The number of anilines is 1. The Kier molecular flexibility index (Phi) is 5.37. The number of nitro groups is 1. The van der Waals surface area contributed by atoms with E-state index in [1.165, 1.54) is 13.0 Å². The van der Waals surface area contributed by atoms with Crippen LogP contribution >= 0.6 is 0 Å². The van der Waals surface area contributed by atoms with Gasteiger partial charge in [0.05, 0.1) is 20.4 Å². The molecule has 0 heterocycles. The molecule has 0 aliphatic rings. The van der Waals surface area contributed by atoms with Gasteiger partial charge in [0.1, 0.15) is 0 Å². The summed E-state index contributed by atoms with van der Waals surface area (Å²) in [4.78, 5) is 11.4. The van der Waals surface area contributed by atoms with Crippen LogP contribution in [0.3, 0.4) is 0 Å². The Morgan fingerprint density at radius 3 is 2.41 bits per heavy atom. The molecule has 0 spiro atoms. The summed E-state index contributed by atoms with van der Waals surface area (Å²) in [5.74, 6) is 0. The predicted octanol–water partition coefficient (Wildman–Crippen LogP) is 2.89. The summed E-state index contributed by atoms with van der Waals surface area (Å²) < 4.78 is 59.0. The fourth-order valence-corrected chi connectivity index (χ4v) is 3.73.